The fraction of sp³-hybridized carbons (Fsp3) is 0.360. The number of piperazine rings is 1. The van der Waals surface area contributed by atoms with Gasteiger partial charge in [-0.15, -0.1) is 0 Å². The van der Waals surface area contributed by atoms with Gasteiger partial charge in [0, 0.05) is 45.2 Å². The molecule has 0 atom stereocenters. The number of amides is 1. The van der Waals surface area contributed by atoms with E-state index in [4.69, 9.17) is 9.47 Å². The summed E-state index contributed by atoms with van der Waals surface area (Å²) in [5.41, 5.74) is 0.880. The minimum Gasteiger partial charge on any atom is -0.493 e. The first-order chi connectivity index (χ1) is 17.0. The first-order valence-corrected chi connectivity index (χ1v) is 11.3. The molecule has 2 heterocycles. The van der Waals surface area contributed by atoms with Gasteiger partial charge < -0.3 is 19.3 Å². The number of anilines is 1. The number of rotatable bonds is 7. The van der Waals surface area contributed by atoms with Crippen molar-refractivity contribution in [3.8, 4) is 17.6 Å². The highest BCUT2D eigenvalue weighted by atomic mass is 19.1. The number of hydrogen-bond donors (Lipinski definition) is 0. The van der Waals surface area contributed by atoms with Gasteiger partial charge in [-0.2, -0.15) is 5.26 Å². The summed E-state index contributed by atoms with van der Waals surface area (Å²) >= 11 is 0. The minimum absolute atomic E-state index is 0.00222. The smallest absolute Gasteiger partial charge is 0.261 e. The summed E-state index contributed by atoms with van der Waals surface area (Å²) in [4.78, 5) is 33.7. The summed E-state index contributed by atoms with van der Waals surface area (Å²) in [6, 6.07) is 9.77. The summed E-state index contributed by atoms with van der Waals surface area (Å²) in [6.07, 6.45) is 2.26. The van der Waals surface area contributed by atoms with Crippen LogP contribution < -0.4 is 19.9 Å². The van der Waals surface area contributed by atoms with Crippen LogP contribution in [0.4, 0.5) is 10.1 Å². The number of halogens is 1. The monoisotopic (exact) mass is 479 g/mol. The predicted molar refractivity (Wildman–Crippen MR) is 128 cm³/mol. The average molecular weight is 480 g/mol. The number of benzene rings is 2. The number of methoxy groups -OCH3 is 2. The lowest BCUT2D eigenvalue weighted by atomic mass is 10.1. The zero-order chi connectivity index (χ0) is 24.9. The van der Waals surface area contributed by atoms with Crippen LogP contribution in [0.1, 0.15) is 18.4 Å². The van der Waals surface area contributed by atoms with Gasteiger partial charge in [0.2, 0.25) is 5.91 Å². The molecule has 1 saturated heterocycles. The van der Waals surface area contributed by atoms with Crippen molar-refractivity contribution in [3.05, 3.63) is 58.4 Å². The molecule has 4 rings (SSSR count). The Bertz CT molecular complexity index is 1340. The molecule has 1 amide bonds. The highest BCUT2D eigenvalue weighted by Crippen LogP contribution is 2.30. The van der Waals surface area contributed by atoms with Gasteiger partial charge in [-0.3, -0.25) is 14.2 Å². The van der Waals surface area contributed by atoms with Crippen LogP contribution in [0.3, 0.4) is 0 Å². The summed E-state index contributed by atoms with van der Waals surface area (Å²) in [7, 11) is 3.03. The number of ether oxygens (including phenoxy) is 2. The average Bonchev–Trinajstić information content (AvgIpc) is 2.89. The van der Waals surface area contributed by atoms with Crippen molar-refractivity contribution < 1.29 is 18.7 Å². The van der Waals surface area contributed by atoms with Crippen LogP contribution in [0.25, 0.3) is 10.9 Å². The lowest BCUT2D eigenvalue weighted by Crippen LogP contribution is -2.49. The third kappa shape index (κ3) is 4.89. The molecule has 9 nitrogen and oxygen atoms in total. The van der Waals surface area contributed by atoms with Crippen LogP contribution in [0, 0.1) is 17.1 Å². The van der Waals surface area contributed by atoms with Crippen molar-refractivity contribution in [2.24, 2.45) is 0 Å². The van der Waals surface area contributed by atoms with Crippen molar-refractivity contribution in [1.29, 1.82) is 5.26 Å². The number of aromatic nitrogens is 2. The van der Waals surface area contributed by atoms with E-state index in [2.05, 4.69) is 4.98 Å². The molecule has 0 N–H and O–H groups in total. The standard InChI is InChI=1S/C25H26FN5O4/c1-34-22-13-17-20(14-23(22)35-2)28-16-31(25(17)33)8-4-7-24(32)30-11-9-29(10-12-30)21-6-3-5-19(26)18(21)15-27/h3,5-6,13-14,16H,4,7-12H2,1-2H3. The van der Waals surface area contributed by atoms with Crippen molar-refractivity contribution in [3.63, 3.8) is 0 Å². The number of carbonyl (C=O) groups excluding carboxylic acids is 1. The molecule has 10 heteroatoms. The van der Waals surface area contributed by atoms with E-state index in [9.17, 15) is 19.2 Å². The van der Waals surface area contributed by atoms with Crippen molar-refractivity contribution in [2.75, 3.05) is 45.3 Å². The molecule has 0 aliphatic carbocycles. The number of carbonyl (C=O) groups is 1. The third-order valence-electron chi connectivity index (χ3n) is 6.20. The molecule has 2 aromatic carbocycles. The summed E-state index contributed by atoms with van der Waals surface area (Å²) in [6.45, 7) is 2.36. The van der Waals surface area contributed by atoms with E-state index in [0.717, 1.165) is 0 Å². The number of aryl methyl sites for hydroxylation is 1. The van der Waals surface area contributed by atoms with Crippen LogP contribution >= 0.6 is 0 Å². The maximum Gasteiger partial charge on any atom is 0.261 e. The molecule has 1 aliphatic rings. The first-order valence-electron chi connectivity index (χ1n) is 11.3. The Labute approximate surface area is 201 Å². The van der Waals surface area contributed by atoms with E-state index in [-0.39, 0.29) is 17.0 Å². The maximum absolute atomic E-state index is 13.9. The van der Waals surface area contributed by atoms with Crippen LogP contribution in [0.5, 0.6) is 11.5 Å². The largest absolute Gasteiger partial charge is 0.493 e. The van der Waals surface area contributed by atoms with E-state index in [1.54, 1.807) is 29.2 Å². The highest BCUT2D eigenvalue weighted by molar-refractivity contribution is 5.81. The molecular weight excluding hydrogens is 453 g/mol. The molecule has 35 heavy (non-hydrogen) atoms. The number of nitriles is 1. The second-order valence-electron chi connectivity index (χ2n) is 8.18. The van der Waals surface area contributed by atoms with Crippen LogP contribution in [0.2, 0.25) is 0 Å². The second kappa shape index (κ2) is 10.4. The SMILES string of the molecule is COc1cc2ncn(CCCC(=O)N3CCN(c4cccc(F)c4C#N)CC3)c(=O)c2cc1OC. The number of fused-ring (bicyclic) bond motifs is 1. The van der Waals surface area contributed by atoms with Gasteiger partial charge in [0.1, 0.15) is 17.4 Å². The Morgan fingerprint density at radius 3 is 2.54 bits per heavy atom. The van der Waals surface area contributed by atoms with E-state index in [1.807, 2.05) is 11.0 Å². The van der Waals surface area contributed by atoms with E-state index < -0.39 is 5.82 Å². The van der Waals surface area contributed by atoms with Gasteiger partial charge in [-0.25, -0.2) is 9.37 Å². The molecule has 1 fully saturated rings. The van der Waals surface area contributed by atoms with Gasteiger partial charge in [0.15, 0.2) is 11.5 Å². The van der Waals surface area contributed by atoms with Crippen LogP contribution in [-0.4, -0.2) is 60.8 Å². The summed E-state index contributed by atoms with van der Waals surface area (Å²) in [5, 5.41) is 9.69. The molecule has 182 valence electrons. The molecule has 1 aromatic heterocycles. The van der Waals surface area contributed by atoms with Crippen molar-refractivity contribution in [1.82, 2.24) is 14.5 Å². The topological polar surface area (TPSA) is 101 Å². The normalized spacial score (nSPS) is 13.5. The maximum atomic E-state index is 13.9. The third-order valence-corrected chi connectivity index (χ3v) is 6.20. The quantitative estimate of drug-likeness (QED) is 0.513. The van der Waals surface area contributed by atoms with Crippen LogP contribution in [-0.2, 0) is 11.3 Å². The van der Waals surface area contributed by atoms with Crippen LogP contribution in [0.15, 0.2) is 41.5 Å². The number of nitrogens with zero attached hydrogens (tertiary/aromatic N) is 5. The van der Waals surface area contributed by atoms with Crippen molar-refractivity contribution in [2.45, 2.75) is 19.4 Å². The van der Waals surface area contributed by atoms with E-state index in [1.165, 1.54) is 31.2 Å². The zero-order valence-corrected chi connectivity index (χ0v) is 19.7. The second-order valence-corrected chi connectivity index (χ2v) is 8.18. The van der Waals surface area contributed by atoms with E-state index in [0.29, 0.717) is 73.7 Å². The predicted octanol–water partition coefficient (Wildman–Crippen LogP) is 2.55. The zero-order valence-electron chi connectivity index (χ0n) is 19.7. The van der Waals surface area contributed by atoms with Gasteiger partial charge in [-0.05, 0) is 24.6 Å². The molecule has 3 aromatic rings. The minimum atomic E-state index is -0.542. The number of hydrogen-bond acceptors (Lipinski definition) is 7. The van der Waals surface area contributed by atoms with Gasteiger partial charge in [0.25, 0.3) is 5.56 Å². The Balaban J connectivity index is 1.35. The summed E-state index contributed by atoms with van der Waals surface area (Å²) in [5.74, 6) is 0.403. The molecule has 0 radical (unpaired) electrons. The molecule has 0 unspecified atom stereocenters. The molecule has 0 bridgehead atoms. The van der Waals surface area contributed by atoms with Gasteiger partial charge in [0.05, 0.1) is 37.1 Å². The first kappa shape index (κ1) is 24.0. The molecule has 0 saturated carbocycles. The molecule has 1 aliphatic heterocycles. The molecular formula is C25H26FN5O4. The highest BCUT2D eigenvalue weighted by Gasteiger charge is 2.23. The van der Waals surface area contributed by atoms with Gasteiger partial charge >= 0.3 is 0 Å². The Kier molecular flexibility index (Phi) is 7.15. The van der Waals surface area contributed by atoms with Gasteiger partial charge in [-0.1, -0.05) is 6.07 Å². The Morgan fingerprint density at radius 1 is 1.14 bits per heavy atom. The fourth-order valence-electron chi connectivity index (χ4n) is 4.29. The lowest BCUT2D eigenvalue weighted by Gasteiger charge is -2.36. The molecule has 0 spiro atoms. The Hall–Kier alpha value is -4.13. The van der Waals surface area contributed by atoms with E-state index >= 15 is 0 Å². The fourth-order valence-corrected chi connectivity index (χ4v) is 4.29. The Morgan fingerprint density at radius 2 is 1.86 bits per heavy atom. The lowest BCUT2D eigenvalue weighted by molar-refractivity contribution is -0.131. The summed E-state index contributed by atoms with van der Waals surface area (Å²) < 4.78 is 26.0. The van der Waals surface area contributed by atoms with Crippen molar-refractivity contribution >= 4 is 22.5 Å².